The minimum atomic E-state index is -0.770. The highest BCUT2D eigenvalue weighted by Gasteiger charge is 2.38. The molecule has 4 rings (SSSR count). The van der Waals surface area contributed by atoms with E-state index in [4.69, 9.17) is 14.7 Å². The van der Waals surface area contributed by atoms with Gasteiger partial charge < -0.3 is 14.7 Å². The highest BCUT2D eigenvalue weighted by molar-refractivity contribution is 7.94. The van der Waals surface area contributed by atoms with E-state index < -0.39 is 6.10 Å². The van der Waals surface area contributed by atoms with Gasteiger partial charge >= 0.3 is 0 Å². The molecule has 0 bridgehead atoms. The summed E-state index contributed by atoms with van der Waals surface area (Å²) in [7, 11) is 0. The molecule has 0 radical (unpaired) electrons. The van der Waals surface area contributed by atoms with Gasteiger partial charge in [-0.25, -0.2) is 0 Å². The molecule has 0 spiro atoms. The number of ether oxygens (including phenoxy) is 1. The van der Waals surface area contributed by atoms with Crippen molar-refractivity contribution in [1.29, 1.82) is 0 Å². The van der Waals surface area contributed by atoms with Gasteiger partial charge in [0.05, 0.1) is 17.8 Å². The molecule has 1 heterocycles. The summed E-state index contributed by atoms with van der Waals surface area (Å²) in [6.45, 7) is 0. The van der Waals surface area contributed by atoms with Crippen molar-refractivity contribution in [3.63, 3.8) is 0 Å². The Kier molecular flexibility index (Phi) is 4.54. The van der Waals surface area contributed by atoms with E-state index >= 15 is 0 Å². The van der Waals surface area contributed by atoms with Crippen LogP contribution in [-0.4, -0.2) is 5.78 Å². The average molecular weight is 363 g/mol. The minimum Gasteiger partial charge on any atom is -0.460 e. The first-order valence-corrected chi connectivity index (χ1v) is 9.17. The topological polar surface area (TPSA) is 61.5 Å². The number of rotatable bonds is 5. The zero-order chi connectivity index (χ0) is 17.9. The Bertz CT molecular complexity index is 979. The van der Waals surface area contributed by atoms with E-state index in [1.54, 1.807) is 0 Å². The fraction of sp³-hybridized carbons (Fsp3) is 0.0952. The fourth-order valence-electron chi connectivity index (χ4n) is 2.97. The first kappa shape index (κ1) is 16.5. The van der Waals surface area contributed by atoms with Crippen molar-refractivity contribution in [3.8, 4) is 0 Å². The van der Waals surface area contributed by atoms with E-state index in [0.717, 1.165) is 21.9 Å². The molecular weight excluding hydrogens is 346 g/mol. The number of Topliss-reactive ketones (excluding diaryl/α,β-unsaturated/α-hetero) is 1. The summed E-state index contributed by atoms with van der Waals surface area (Å²) in [5.74, 6) is 0.487. The fourth-order valence-corrected chi connectivity index (χ4v) is 3.64. The highest BCUT2D eigenvalue weighted by Crippen LogP contribution is 2.36. The average Bonchev–Trinajstić information content (AvgIpc) is 2.96. The summed E-state index contributed by atoms with van der Waals surface area (Å²) in [5, 5.41) is 2.02. The lowest BCUT2D eigenvalue weighted by molar-refractivity contribution is -0.122. The first-order chi connectivity index (χ1) is 12.7. The summed E-state index contributed by atoms with van der Waals surface area (Å²) < 4.78 is 11.2. The second-order valence-corrected chi connectivity index (χ2v) is 6.65. The Morgan fingerprint density at radius 3 is 2.54 bits per heavy atom. The molecular formula is C21H17NO3S. The van der Waals surface area contributed by atoms with E-state index in [1.807, 2.05) is 72.8 Å². The summed E-state index contributed by atoms with van der Waals surface area (Å²) in [5.41, 5.74) is 7.82. The molecule has 3 aromatic carbocycles. The maximum atomic E-state index is 12.8. The van der Waals surface area contributed by atoms with Gasteiger partial charge in [0.25, 0.3) is 0 Å². The molecule has 1 unspecified atom stereocenters. The molecule has 0 aliphatic carbocycles. The summed E-state index contributed by atoms with van der Waals surface area (Å²) in [4.78, 5) is 12.8. The van der Waals surface area contributed by atoms with Crippen molar-refractivity contribution in [3.05, 3.63) is 95.6 Å². The van der Waals surface area contributed by atoms with Crippen LogP contribution in [0, 0.1) is 0 Å². The molecule has 4 nitrogen and oxygen atoms in total. The van der Waals surface area contributed by atoms with Crippen molar-refractivity contribution in [2.45, 2.75) is 11.9 Å². The number of ketones is 1. The molecule has 0 aromatic heterocycles. The normalized spacial score (nSPS) is 16.8. The van der Waals surface area contributed by atoms with Gasteiger partial charge in [0, 0.05) is 5.56 Å². The van der Waals surface area contributed by atoms with Crippen LogP contribution < -0.4 is 5.73 Å². The van der Waals surface area contributed by atoms with Crippen LogP contribution >= 0.6 is 12.0 Å². The van der Waals surface area contributed by atoms with Gasteiger partial charge in [-0.05, 0) is 16.3 Å². The van der Waals surface area contributed by atoms with Crippen LogP contribution in [0.4, 0.5) is 0 Å². The molecule has 1 aliphatic heterocycles. The predicted molar refractivity (Wildman–Crippen MR) is 103 cm³/mol. The third-order valence-electron chi connectivity index (χ3n) is 4.25. The molecule has 0 amide bonds. The van der Waals surface area contributed by atoms with E-state index in [-0.39, 0.29) is 17.4 Å². The summed E-state index contributed by atoms with van der Waals surface area (Å²) >= 11 is 1.17. The lowest BCUT2D eigenvalue weighted by Crippen LogP contribution is -2.11. The van der Waals surface area contributed by atoms with Crippen molar-refractivity contribution in [2.75, 3.05) is 0 Å². The Labute approximate surface area is 155 Å². The van der Waals surface area contributed by atoms with Gasteiger partial charge in [-0.1, -0.05) is 72.8 Å². The Hall–Kier alpha value is -2.92. The molecule has 130 valence electrons. The highest BCUT2D eigenvalue weighted by atomic mass is 32.2. The Balaban J connectivity index is 1.51. The van der Waals surface area contributed by atoms with E-state index in [1.165, 1.54) is 12.0 Å². The molecule has 3 aromatic rings. The molecule has 5 heteroatoms. The van der Waals surface area contributed by atoms with Crippen LogP contribution in [-0.2, 0) is 19.5 Å². The molecule has 26 heavy (non-hydrogen) atoms. The minimum absolute atomic E-state index is 0.0356. The number of carbonyl (C=O) groups is 1. The van der Waals surface area contributed by atoms with E-state index in [9.17, 15) is 4.79 Å². The standard InChI is InChI=1S/C21H17NO3S/c22-21-20(25-26-13-14-7-2-1-3-8-14)18(23)19(24-21)17-12-6-10-15-9-4-5-11-16(15)17/h1-12,19H,13,22H2. The van der Waals surface area contributed by atoms with E-state index in [2.05, 4.69) is 0 Å². The van der Waals surface area contributed by atoms with Crippen molar-refractivity contribution >= 4 is 28.6 Å². The zero-order valence-electron chi connectivity index (χ0n) is 13.9. The monoisotopic (exact) mass is 363 g/mol. The number of benzene rings is 3. The van der Waals surface area contributed by atoms with Crippen LogP contribution in [0.2, 0.25) is 0 Å². The number of hydrogen-bond donors (Lipinski definition) is 1. The summed E-state index contributed by atoms with van der Waals surface area (Å²) in [6.07, 6.45) is -0.770. The molecule has 1 atom stereocenters. The largest absolute Gasteiger partial charge is 0.460 e. The van der Waals surface area contributed by atoms with Crippen molar-refractivity contribution in [2.24, 2.45) is 5.73 Å². The SMILES string of the molecule is NC1=C(OSCc2ccccc2)C(=O)C(c2cccc3ccccc23)O1. The van der Waals surface area contributed by atoms with Crippen molar-refractivity contribution < 1.29 is 13.7 Å². The Morgan fingerprint density at radius 1 is 0.962 bits per heavy atom. The number of carbonyl (C=O) groups excluding carboxylic acids is 1. The predicted octanol–water partition coefficient (Wildman–Crippen LogP) is 4.47. The summed E-state index contributed by atoms with van der Waals surface area (Å²) in [6, 6.07) is 23.6. The number of nitrogens with two attached hydrogens (primary N) is 1. The van der Waals surface area contributed by atoms with Crippen LogP contribution in [0.3, 0.4) is 0 Å². The van der Waals surface area contributed by atoms with E-state index in [0.29, 0.717) is 5.75 Å². The van der Waals surface area contributed by atoms with Gasteiger partial charge in [-0.15, -0.1) is 0 Å². The van der Waals surface area contributed by atoms with Crippen LogP contribution in [0.5, 0.6) is 0 Å². The maximum absolute atomic E-state index is 12.8. The quantitative estimate of drug-likeness (QED) is 0.678. The van der Waals surface area contributed by atoms with Gasteiger partial charge in [0.2, 0.25) is 17.4 Å². The van der Waals surface area contributed by atoms with Crippen LogP contribution in [0.15, 0.2) is 84.4 Å². The first-order valence-electron chi connectivity index (χ1n) is 8.26. The number of hydrogen-bond acceptors (Lipinski definition) is 5. The Morgan fingerprint density at radius 2 is 1.69 bits per heavy atom. The number of fused-ring (bicyclic) bond motifs is 1. The van der Waals surface area contributed by atoms with Gasteiger partial charge in [-0.2, -0.15) is 0 Å². The van der Waals surface area contributed by atoms with Crippen LogP contribution in [0.25, 0.3) is 10.8 Å². The van der Waals surface area contributed by atoms with Gasteiger partial charge in [0.1, 0.15) is 0 Å². The molecule has 2 N–H and O–H groups in total. The lowest BCUT2D eigenvalue weighted by atomic mass is 9.98. The smallest absolute Gasteiger partial charge is 0.249 e. The second kappa shape index (κ2) is 7.14. The van der Waals surface area contributed by atoms with Gasteiger partial charge in [0.15, 0.2) is 6.10 Å². The lowest BCUT2D eigenvalue weighted by Gasteiger charge is -2.12. The van der Waals surface area contributed by atoms with Gasteiger partial charge in [-0.3, -0.25) is 4.79 Å². The molecule has 0 fully saturated rings. The second-order valence-electron chi connectivity index (χ2n) is 5.96. The maximum Gasteiger partial charge on any atom is 0.249 e. The van der Waals surface area contributed by atoms with Crippen LogP contribution in [0.1, 0.15) is 17.2 Å². The van der Waals surface area contributed by atoms with Crippen molar-refractivity contribution in [1.82, 2.24) is 0 Å². The molecule has 0 saturated heterocycles. The zero-order valence-corrected chi connectivity index (χ0v) is 14.7. The third-order valence-corrected chi connectivity index (χ3v) is 4.98. The molecule has 1 aliphatic rings. The molecule has 0 saturated carbocycles. The third kappa shape index (κ3) is 3.13.